The van der Waals surface area contributed by atoms with Crippen LogP contribution in [0.25, 0.3) is 0 Å². The highest BCUT2D eigenvalue weighted by Gasteiger charge is 2.26. The molecular formula is C16H20FNO3. The number of likely N-dealkylation sites (tertiary alicyclic amines) is 1. The van der Waals surface area contributed by atoms with Gasteiger partial charge in [-0.25, -0.2) is 4.39 Å². The third-order valence-corrected chi connectivity index (χ3v) is 3.89. The average molecular weight is 293 g/mol. The first kappa shape index (κ1) is 15.5. The van der Waals surface area contributed by atoms with Gasteiger partial charge in [0.15, 0.2) is 0 Å². The van der Waals surface area contributed by atoms with Gasteiger partial charge in [0, 0.05) is 19.5 Å². The largest absolute Gasteiger partial charge is 0.481 e. The maximum absolute atomic E-state index is 13.2. The standard InChI is InChI=1S/C16H20FNO3/c17-13-7-5-6-12(10-13)14(16(20)21)11-15(19)18-8-3-1-2-4-9-18/h5-7,10,14H,1-4,8-9,11H2,(H,20,21). The first-order valence-corrected chi connectivity index (χ1v) is 7.34. The fourth-order valence-electron chi connectivity index (χ4n) is 2.69. The second-order valence-electron chi connectivity index (χ2n) is 5.44. The first-order chi connectivity index (χ1) is 10.1. The molecule has 114 valence electrons. The van der Waals surface area contributed by atoms with Gasteiger partial charge >= 0.3 is 5.97 Å². The maximum Gasteiger partial charge on any atom is 0.311 e. The number of hydrogen-bond acceptors (Lipinski definition) is 2. The third-order valence-electron chi connectivity index (χ3n) is 3.89. The number of carbonyl (C=O) groups excluding carboxylic acids is 1. The Labute approximate surface area is 123 Å². The summed E-state index contributed by atoms with van der Waals surface area (Å²) in [5.74, 6) is -2.73. The van der Waals surface area contributed by atoms with E-state index in [0.717, 1.165) is 25.7 Å². The van der Waals surface area contributed by atoms with Crippen molar-refractivity contribution in [2.45, 2.75) is 38.0 Å². The van der Waals surface area contributed by atoms with E-state index in [1.165, 1.54) is 18.2 Å². The molecule has 1 aliphatic rings. The van der Waals surface area contributed by atoms with E-state index in [4.69, 9.17) is 0 Å². The fraction of sp³-hybridized carbons (Fsp3) is 0.500. The number of nitrogens with zero attached hydrogens (tertiary/aromatic N) is 1. The number of amides is 1. The molecule has 1 amide bonds. The molecule has 1 heterocycles. The number of carbonyl (C=O) groups is 2. The van der Waals surface area contributed by atoms with Crippen molar-refractivity contribution < 1.29 is 19.1 Å². The van der Waals surface area contributed by atoms with Gasteiger partial charge in [-0.15, -0.1) is 0 Å². The molecule has 4 nitrogen and oxygen atoms in total. The summed E-state index contributed by atoms with van der Waals surface area (Å²) in [4.78, 5) is 25.4. The quantitative estimate of drug-likeness (QED) is 0.928. The summed E-state index contributed by atoms with van der Waals surface area (Å²) >= 11 is 0. The van der Waals surface area contributed by atoms with Crippen molar-refractivity contribution in [3.8, 4) is 0 Å². The van der Waals surface area contributed by atoms with E-state index in [-0.39, 0.29) is 12.3 Å². The average Bonchev–Trinajstić information content (AvgIpc) is 2.73. The summed E-state index contributed by atoms with van der Waals surface area (Å²) in [6.45, 7) is 1.38. The lowest BCUT2D eigenvalue weighted by atomic mass is 9.95. The lowest BCUT2D eigenvalue weighted by Crippen LogP contribution is -2.34. The van der Waals surface area contributed by atoms with E-state index in [0.29, 0.717) is 18.7 Å². The van der Waals surface area contributed by atoms with Gasteiger partial charge < -0.3 is 10.0 Å². The number of carboxylic acids is 1. The maximum atomic E-state index is 13.2. The summed E-state index contributed by atoms with van der Waals surface area (Å²) in [5, 5.41) is 9.33. The van der Waals surface area contributed by atoms with Crippen molar-refractivity contribution in [3.63, 3.8) is 0 Å². The van der Waals surface area contributed by atoms with Gasteiger partial charge in [0.25, 0.3) is 0 Å². The summed E-state index contributed by atoms with van der Waals surface area (Å²) in [6, 6.07) is 5.47. The lowest BCUT2D eigenvalue weighted by molar-refractivity contribution is -0.142. The van der Waals surface area contributed by atoms with E-state index in [9.17, 15) is 19.1 Å². The molecule has 1 unspecified atom stereocenters. The van der Waals surface area contributed by atoms with Crippen LogP contribution in [0.2, 0.25) is 0 Å². The van der Waals surface area contributed by atoms with Crippen LogP contribution in [0, 0.1) is 5.82 Å². The lowest BCUT2D eigenvalue weighted by Gasteiger charge is -2.22. The van der Waals surface area contributed by atoms with Crippen molar-refractivity contribution in [1.82, 2.24) is 4.90 Å². The molecule has 0 spiro atoms. The Morgan fingerprint density at radius 3 is 2.43 bits per heavy atom. The van der Waals surface area contributed by atoms with Crippen LogP contribution in [0.3, 0.4) is 0 Å². The second-order valence-corrected chi connectivity index (χ2v) is 5.44. The van der Waals surface area contributed by atoms with Crippen LogP contribution >= 0.6 is 0 Å². The molecule has 0 radical (unpaired) electrons. The summed E-state index contributed by atoms with van der Waals surface area (Å²) in [5.41, 5.74) is 0.339. The van der Waals surface area contributed by atoms with E-state index in [1.807, 2.05) is 0 Å². The van der Waals surface area contributed by atoms with Gasteiger partial charge in [0.05, 0.1) is 5.92 Å². The van der Waals surface area contributed by atoms with E-state index in [1.54, 1.807) is 11.0 Å². The van der Waals surface area contributed by atoms with Gasteiger partial charge in [-0.05, 0) is 30.5 Å². The molecule has 1 aromatic rings. The third kappa shape index (κ3) is 4.28. The number of halogens is 1. The number of benzene rings is 1. The second kappa shape index (κ2) is 7.20. The smallest absolute Gasteiger partial charge is 0.311 e. The Morgan fingerprint density at radius 2 is 1.86 bits per heavy atom. The van der Waals surface area contributed by atoms with Gasteiger partial charge in [0.1, 0.15) is 5.82 Å². The van der Waals surface area contributed by atoms with Crippen LogP contribution in [0.4, 0.5) is 4.39 Å². The van der Waals surface area contributed by atoms with Gasteiger partial charge in [-0.3, -0.25) is 9.59 Å². The monoisotopic (exact) mass is 293 g/mol. The van der Waals surface area contributed by atoms with Gasteiger partial charge in [-0.2, -0.15) is 0 Å². The predicted molar refractivity (Wildman–Crippen MR) is 76.4 cm³/mol. The zero-order chi connectivity index (χ0) is 15.2. The molecule has 2 rings (SSSR count). The predicted octanol–water partition coefficient (Wildman–Crippen LogP) is 2.79. The molecule has 5 heteroatoms. The number of aliphatic carboxylic acids is 1. The Hall–Kier alpha value is -1.91. The zero-order valence-corrected chi connectivity index (χ0v) is 11.9. The molecule has 1 fully saturated rings. The fourth-order valence-corrected chi connectivity index (χ4v) is 2.69. The highest BCUT2D eigenvalue weighted by Crippen LogP contribution is 2.23. The number of carboxylic acid groups (broad SMARTS) is 1. The number of rotatable bonds is 4. The summed E-state index contributed by atoms with van der Waals surface area (Å²) < 4.78 is 13.2. The highest BCUT2D eigenvalue weighted by molar-refractivity contribution is 5.85. The van der Waals surface area contributed by atoms with Crippen LogP contribution < -0.4 is 0 Å². The SMILES string of the molecule is O=C(O)C(CC(=O)N1CCCCCC1)c1cccc(F)c1. The summed E-state index contributed by atoms with van der Waals surface area (Å²) in [6.07, 6.45) is 4.03. The van der Waals surface area contributed by atoms with E-state index >= 15 is 0 Å². The molecule has 1 N–H and O–H groups in total. The van der Waals surface area contributed by atoms with Gasteiger partial charge in [0.2, 0.25) is 5.91 Å². The molecule has 0 aromatic heterocycles. The molecule has 1 aliphatic heterocycles. The molecule has 1 atom stereocenters. The van der Waals surface area contributed by atoms with Crippen LogP contribution in [0.5, 0.6) is 0 Å². The normalized spacial score (nSPS) is 17.1. The zero-order valence-electron chi connectivity index (χ0n) is 11.9. The Kier molecular flexibility index (Phi) is 5.31. The van der Waals surface area contributed by atoms with Crippen LogP contribution in [-0.2, 0) is 9.59 Å². The van der Waals surface area contributed by atoms with Crippen LogP contribution in [0.15, 0.2) is 24.3 Å². The molecule has 0 saturated carbocycles. The highest BCUT2D eigenvalue weighted by atomic mass is 19.1. The van der Waals surface area contributed by atoms with Crippen LogP contribution in [-0.4, -0.2) is 35.0 Å². The van der Waals surface area contributed by atoms with E-state index < -0.39 is 17.7 Å². The van der Waals surface area contributed by atoms with Crippen molar-refractivity contribution in [1.29, 1.82) is 0 Å². The molecule has 0 bridgehead atoms. The number of hydrogen-bond donors (Lipinski definition) is 1. The molecule has 1 saturated heterocycles. The van der Waals surface area contributed by atoms with Gasteiger partial charge in [-0.1, -0.05) is 25.0 Å². The van der Waals surface area contributed by atoms with E-state index in [2.05, 4.69) is 0 Å². The molecular weight excluding hydrogens is 273 g/mol. The molecule has 1 aromatic carbocycles. The first-order valence-electron chi connectivity index (χ1n) is 7.34. The van der Waals surface area contributed by atoms with Crippen molar-refractivity contribution in [2.24, 2.45) is 0 Å². The molecule has 21 heavy (non-hydrogen) atoms. The topological polar surface area (TPSA) is 57.6 Å². The Balaban J connectivity index is 2.09. The van der Waals surface area contributed by atoms with Crippen LogP contribution in [0.1, 0.15) is 43.6 Å². The Morgan fingerprint density at radius 1 is 1.19 bits per heavy atom. The Bertz CT molecular complexity index is 510. The summed E-state index contributed by atoms with van der Waals surface area (Å²) in [7, 11) is 0. The minimum atomic E-state index is -1.09. The minimum absolute atomic E-state index is 0.112. The molecule has 0 aliphatic carbocycles. The van der Waals surface area contributed by atoms with Crippen molar-refractivity contribution in [2.75, 3.05) is 13.1 Å². The minimum Gasteiger partial charge on any atom is -0.481 e. The van der Waals surface area contributed by atoms with Crippen molar-refractivity contribution in [3.05, 3.63) is 35.6 Å². The van der Waals surface area contributed by atoms with Crippen molar-refractivity contribution >= 4 is 11.9 Å².